The van der Waals surface area contributed by atoms with Crippen molar-refractivity contribution in [2.75, 3.05) is 6.54 Å². The third-order valence-corrected chi connectivity index (χ3v) is 2.76. The molecule has 90 valence electrons. The molecule has 0 saturated heterocycles. The molecule has 0 fully saturated rings. The SMILES string of the molecule is CCCNCc1cccn1Cc1ccncc1. The third-order valence-electron chi connectivity index (χ3n) is 2.76. The first kappa shape index (κ1) is 11.9. The molecule has 0 aromatic carbocycles. The number of aromatic nitrogens is 2. The van der Waals surface area contributed by atoms with Gasteiger partial charge < -0.3 is 9.88 Å². The highest BCUT2D eigenvalue weighted by atomic mass is 15.0. The van der Waals surface area contributed by atoms with Crippen LogP contribution in [0.1, 0.15) is 24.6 Å². The standard InChI is InChI=1S/C14H19N3/c1-2-7-16-11-14-4-3-10-17(14)12-13-5-8-15-9-6-13/h3-6,8-10,16H,2,7,11-12H2,1H3. The summed E-state index contributed by atoms with van der Waals surface area (Å²) in [4.78, 5) is 4.04. The van der Waals surface area contributed by atoms with Gasteiger partial charge in [0.2, 0.25) is 0 Å². The van der Waals surface area contributed by atoms with Crippen LogP contribution in [-0.4, -0.2) is 16.1 Å². The summed E-state index contributed by atoms with van der Waals surface area (Å²) in [7, 11) is 0. The molecule has 2 aromatic heterocycles. The van der Waals surface area contributed by atoms with E-state index in [-0.39, 0.29) is 0 Å². The Labute approximate surface area is 103 Å². The Morgan fingerprint density at radius 3 is 2.82 bits per heavy atom. The fourth-order valence-electron chi connectivity index (χ4n) is 1.84. The van der Waals surface area contributed by atoms with E-state index in [1.807, 2.05) is 12.4 Å². The van der Waals surface area contributed by atoms with E-state index in [9.17, 15) is 0 Å². The van der Waals surface area contributed by atoms with Gasteiger partial charge in [-0.1, -0.05) is 6.92 Å². The zero-order valence-corrected chi connectivity index (χ0v) is 10.3. The lowest BCUT2D eigenvalue weighted by molar-refractivity contribution is 0.630. The average molecular weight is 229 g/mol. The van der Waals surface area contributed by atoms with Crippen molar-refractivity contribution in [1.29, 1.82) is 0 Å². The van der Waals surface area contributed by atoms with Gasteiger partial charge in [-0.25, -0.2) is 0 Å². The van der Waals surface area contributed by atoms with Crippen LogP contribution in [0.2, 0.25) is 0 Å². The van der Waals surface area contributed by atoms with E-state index < -0.39 is 0 Å². The van der Waals surface area contributed by atoms with Crippen molar-refractivity contribution in [3.05, 3.63) is 54.1 Å². The first-order chi connectivity index (χ1) is 8.40. The third kappa shape index (κ3) is 3.43. The summed E-state index contributed by atoms with van der Waals surface area (Å²) in [5.41, 5.74) is 2.61. The maximum atomic E-state index is 4.04. The van der Waals surface area contributed by atoms with Crippen LogP contribution in [0.4, 0.5) is 0 Å². The van der Waals surface area contributed by atoms with Gasteiger partial charge in [-0.15, -0.1) is 0 Å². The van der Waals surface area contributed by atoms with E-state index in [0.717, 1.165) is 19.6 Å². The zero-order valence-electron chi connectivity index (χ0n) is 10.3. The lowest BCUT2D eigenvalue weighted by Gasteiger charge is -2.09. The van der Waals surface area contributed by atoms with E-state index in [4.69, 9.17) is 0 Å². The predicted octanol–water partition coefficient (Wildman–Crippen LogP) is 2.43. The highest BCUT2D eigenvalue weighted by Gasteiger charge is 2.00. The second-order valence-corrected chi connectivity index (χ2v) is 4.16. The topological polar surface area (TPSA) is 29.9 Å². The highest BCUT2D eigenvalue weighted by molar-refractivity contribution is 5.14. The second-order valence-electron chi connectivity index (χ2n) is 4.16. The Morgan fingerprint density at radius 1 is 1.24 bits per heavy atom. The fourth-order valence-corrected chi connectivity index (χ4v) is 1.84. The minimum atomic E-state index is 0.915. The Bertz CT molecular complexity index is 434. The molecule has 2 aromatic rings. The minimum Gasteiger partial charge on any atom is -0.346 e. The van der Waals surface area contributed by atoms with Gasteiger partial charge in [0, 0.05) is 37.4 Å². The molecule has 1 N–H and O–H groups in total. The molecule has 0 aliphatic heterocycles. The van der Waals surface area contributed by atoms with Crippen molar-refractivity contribution in [2.24, 2.45) is 0 Å². The molecular formula is C14H19N3. The zero-order chi connectivity index (χ0) is 11.9. The Hall–Kier alpha value is -1.61. The summed E-state index contributed by atoms with van der Waals surface area (Å²) in [5, 5.41) is 3.43. The second kappa shape index (κ2) is 6.21. The lowest BCUT2D eigenvalue weighted by Crippen LogP contribution is -2.16. The van der Waals surface area contributed by atoms with Crippen LogP contribution in [0.5, 0.6) is 0 Å². The van der Waals surface area contributed by atoms with Crippen LogP contribution < -0.4 is 5.32 Å². The molecule has 0 bridgehead atoms. The molecule has 0 unspecified atom stereocenters. The van der Waals surface area contributed by atoms with Crippen LogP contribution in [0.15, 0.2) is 42.9 Å². The monoisotopic (exact) mass is 229 g/mol. The molecule has 0 saturated carbocycles. The van der Waals surface area contributed by atoms with Crippen molar-refractivity contribution < 1.29 is 0 Å². The molecule has 0 spiro atoms. The van der Waals surface area contributed by atoms with Gasteiger partial charge in [0.05, 0.1) is 0 Å². The highest BCUT2D eigenvalue weighted by Crippen LogP contribution is 2.07. The van der Waals surface area contributed by atoms with Crippen molar-refractivity contribution in [2.45, 2.75) is 26.4 Å². The van der Waals surface area contributed by atoms with E-state index in [2.05, 4.69) is 52.3 Å². The Balaban J connectivity index is 1.99. The van der Waals surface area contributed by atoms with Gasteiger partial charge in [-0.05, 0) is 42.8 Å². The van der Waals surface area contributed by atoms with Gasteiger partial charge in [-0.2, -0.15) is 0 Å². The van der Waals surface area contributed by atoms with Crippen LogP contribution in [0.25, 0.3) is 0 Å². The van der Waals surface area contributed by atoms with Gasteiger partial charge in [0.25, 0.3) is 0 Å². The molecule has 2 heterocycles. The Kier molecular flexibility index (Phi) is 4.33. The lowest BCUT2D eigenvalue weighted by atomic mass is 10.2. The summed E-state index contributed by atoms with van der Waals surface area (Å²) in [6.45, 7) is 5.11. The van der Waals surface area contributed by atoms with Crippen molar-refractivity contribution in [1.82, 2.24) is 14.9 Å². The van der Waals surface area contributed by atoms with Crippen molar-refractivity contribution in [3.8, 4) is 0 Å². The molecule has 0 aliphatic rings. The van der Waals surface area contributed by atoms with E-state index in [1.54, 1.807) is 0 Å². The summed E-state index contributed by atoms with van der Waals surface area (Å²) < 4.78 is 2.28. The Morgan fingerprint density at radius 2 is 2.06 bits per heavy atom. The van der Waals surface area contributed by atoms with Gasteiger partial charge in [-0.3, -0.25) is 4.98 Å². The molecule has 17 heavy (non-hydrogen) atoms. The number of pyridine rings is 1. The van der Waals surface area contributed by atoms with Gasteiger partial charge in [0.1, 0.15) is 0 Å². The normalized spacial score (nSPS) is 10.6. The number of hydrogen-bond acceptors (Lipinski definition) is 2. The van der Waals surface area contributed by atoms with Gasteiger partial charge >= 0.3 is 0 Å². The van der Waals surface area contributed by atoms with E-state index >= 15 is 0 Å². The largest absolute Gasteiger partial charge is 0.346 e. The quantitative estimate of drug-likeness (QED) is 0.771. The molecule has 3 heteroatoms. The summed E-state index contributed by atoms with van der Waals surface area (Å²) >= 11 is 0. The van der Waals surface area contributed by atoms with Crippen LogP contribution in [0.3, 0.4) is 0 Å². The number of nitrogens with one attached hydrogen (secondary N) is 1. The van der Waals surface area contributed by atoms with E-state index in [1.165, 1.54) is 17.7 Å². The van der Waals surface area contributed by atoms with Crippen molar-refractivity contribution in [3.63, 3.8) is 0 Å². The first-order valence-electron chi connectivity index (χ1n) is 6.14. The molecule has 0 radical (unpaired) electrons. The number of nitrogens with zero attached hydrogens (tertiary/aromatic N) is 2. The number of hydrogen-bond donors (Lipinski definition) is 1. The van der Waals surface area contributed by atoms with Crippen LogP contribution in [-0.2, 0) is 13.1 Å². The summed E-state index contributed by atoms with van der Waals surface area (Å²) in [5.74, 6) is 0. The molecule has 0 aliphatic carbocycles. The number of rotatable bonds is 6. The summed E-state index contributed by atoms with van der Waals surface area (Å²) in [6.07, 6.45) is 6.98. The molecular weight excluding hydrogens is 210 g/mol. The molecule has 0 amide bonds. The minimum absolute atomic E-state index is 0.915. The van der Waals surface area contributed by atoms with Crippen LogP contribution >= 0.6 is 0 Å². The molecule has 0 atom stereocenters. The maximum absolute atomic E-state index is 4.04. The van der Waals surface area contributed by atoms with Crippen LogP contribution in [0, 0.1) is 0 Å². The predicted molar refractivity (Wildman–Crippen MR) is 69.8 cm³/mol. The molecule has 3 nitrogen and oxygen atoms in total. The smallest absolute Gasteiger partial charge is 0.0474 e. The molecule has 2 rings (SSSR count). The summed E-state index contributed by atoms with van der Waals surface area (Å²) in [6, 6.07) is 8.39. The first-order valence-corrected chi connectivity index (χ1v) is 6.14. The fraction of sp³-hybridized carbons (Fsp3) is 0.357. The van der Waals surface area contributed by atoms with Crippen molar-refractivity contribution >= 4 is 0 Å². The average Bonchev–Trinajstić information content (AvgIpc) is 2.79. The maximum Gasteiger partial charge on any atom is 0.0474 e. The van der Waals surface area contributed by atoms with Gasteiger partial charge in [0.15, 0.2) is 0 Å². The van der Waals surface area contributed by atoms with E-state index in [0.29, 0.717) is 0 Å².